The molecule has 5 aromatic carbocycles. The van der Waals surface area contributed by atoms with Gasteiger partial charge in [-0.05, 0) is 50.7 Å². The fourth-order valence-electron chi connectivity index (χ4n) is 5.50. The van der Waals surface area contributed by atoms with Crippen molar-refractivity contribution < 1.29 is 0 Å². The number of aromatic nitrogens is 3. The summed E-state index contributed by atoms with van der Waals surface area (Å²) in [6.07, 6.45) is 0. The van der Waals surface area contributed by atoms with Gasteiger partial charge < -0.3 is 0 Å². The molecule has 182 valence electrons. The molecular weight excluding hydrogens is 493 g/mol. The lowest BCUT2D eigenvalue weighted by Crippen LogP contribution is -2.49. The van der Waals surface area contributed by atoms with Gasteiger partial charge in [-0.25, -0.2) is 4.98 Å². The van der Waals surface area contributed by atoms with Crippen LogP contribution in [-0.4, -0.2) is 46.3 Å². The van der Waals surface area contributed by atoms with E-state index < -0.39 is 0 Å². The summed E-state index contributed by atoms with van der Waals surface area (Å²) < 4.78 is 0. The van der Waals surface area contributed by atoms with E-state index in [-0.39, 0.29) is 5.28 Å². The Morgan fingerprint density at radius 1 is 0.436 bits per heavy atom. The maximum absolute atomic E-state index is 6.63. The molecule has 0 aliphatic rings. The first-order valence-electron chi connectivity index (χ1n) is 13.1. The van der Waals surface area contributed by atoms with Crippen molar-refractivity contribution in [3.05, 3.63) is 102 Å². The lowest BCUT2D eigenvalue weighted by atomic mass is 9.62. The Balaban J connectivity index is 1.61. The van der Waals surface area contributed by atoms with Crippen LogP contribution in [0.4, 0.5) is 0 Å². The Labute approximate surface area is 237 Å². The Bertz CT molecular complexity index is 1860. The lowest BCUT2D eigenvalue weighted by molar-refractivity contribution is 1.07. The molecule has 0 N–H and O–H groups in total. The highest BCUT2D eigenvalue weighted by atomic mass is 35.5. The van der Waals surface area contributed by atoms with Crippen LogP contribution >= 0.6 is 11.6 Å². The second kappa shape index (κ2) is 10.2. The van der Waals surface area contributed by atoms with Crippen LogP contribution in [0.25, 0.3) is 55.8 Å². The molecule has 0 spiro atoms. The Morgan fingerprint density at radius 2 is 0.923 bits per heavy atom. The fraction of sp³-hybridized carbons (Fsp3) is 0. The number of nitrogens with zero attached hydrogens (tertiary/aromatic N) is 3. The first kappa shape index (κ1) is 25.2. The van der Waals surface area contributed by atoms with E-state index >= 15 is 0 Å². The van der Waals surface area contributed by atoms with E-state index in [1.807, 2.05) is 12.1 Å². The van der Waals surface area contributed by atoms with Crippen LogP contribution in [0.2, 0.25) is 5.28 Å². The summed E-state index contributed by atoms with van der Waals surface area (Å²) in [4.78, 5) is 14.4. The highest BCUT2D eigenvalue weighted by molar-refractivity contribution is 6.65. The zero-order valence-electron chi connectivity index (χ0n) is 22.5. The summed E-state index contributed by atoms with van der Waals surface area (Å²) >= 11 is 6.63. The van der Waals surface area contributed by atoms with Crippen LogP contribution in [0, 0.1) is 0 Å². The summed E-state index contributed by atoms with van der Waals surface area (Å²) in [5.41, 5.74) is 11.4. The van der Waals surface area contributed by atoms with E-state index in [1.165, 1.54) is 27.5 Å². The molecule has 1 heterocycles. The van der Waals surface area contributed by atoms with Gasteiger partial charge in [-0.3, -0.25) is 0 Å². The van der Waals surface area contributed by atoms with Crippen LogP contribution in [0.3, 0.4) is 0 Å². The molecule has 0 aliphatic heterocycles. The van der Waals surface area contributed by atoms with Crippen LogP contribution in [0.5, 0.6) is 0 Å². The minimum atomic E-state index is 0.181. The Morgan fingerprint density at radius 3 is 1.56 bits per heavy atom. The van der Waals surface area contributed by atoms with Gasteiger partial charge in [-0.2, -0.15) is 9.97 Å². The maximum Gasteiger partial charge on any atom is 0.226 e. The summed E-state index contributed by atoms with van der Waals surface area (Å²) in [5.74, 6) is 1.15. The van der Waals surface area contributed by atoms with Gasteiger partial charge >= 0.3 is 0 Å². The number of benzene rings is 5. The van der Waals surface area contributed by atoms with Crippen LogP contribution < -0.4 is 21.9 Å². The van der Waals surface area contributed by atoms with Gasteiger partial charge in [0.05, 0.1) is 0 Å². The molecule has 8 heteroatoms. The topological polar surface area (TPSA) is 38.7 Å². The van der Waals surface area contributed by atoms with Crippen molar-refractivity contribution >= 4 is 75.6 Å². The summed E-state index contributed by atoms with van der Waals surface area (Å²) in [6.45, 7) is 0. The van der Waals surface area contributed by atoms with Crippen molar-refractivity contribution in [2.45, 2.75) is 0 Å². The second-order valence-electron chi connectivity index (χ2n) is 9.94. The highest BCUT2D eigenvalue weighted by Gasteiger charge is 2.21. The number of rotatable bonds is 4. The predicted octanol–water partition coefficient (Wildman–Crippen LogP) is 1.38. The second-order valence-corrected chi connectivity index (χ2v) is 10.3. The van der Waals surface area contributed by atoms with Gasteiger partial charge in [-0.15, -0.1) is 10.9 Å². The third kappa shape index (κ3) is 4.47. The SMILES string of the molecule is Bc1c(B)c(B)c(-c2nc(Cl)nc(-c3ccc(-c4ccccc4)c4ccccc34)n2)c(-c2ccccc2)c1B. The van der Waals surface area contributed by atoms with Gasteiger partial charge in [0, 0.05) is 11.1 Å². The molecule has 0 fully saturated rings. The molecule has 39 heavy (non-hydrogen) atoms. The summed E-state index contributed by atoms with van der Waals surface area (Å²) in [6, 6.07) is 33.5. The van der Waals surface area contributed by atoms with E-state index in [2.05, 4.69) is 126 Å². The van der Waals surface area contributed by atoms with Gasteiger partial charge in [-0.1, -0.05) is 102 Å². The molecule has 6 rings (SSSR count). The van der Waals surface area contributed by atoms with Crippen molar-refractivity contribution in [1.29, 1.82) is 0 Å². The third-order valence-electron chi connectivity index (χ3n) is 7.83. The first-order valence-corrected chi connectivity index (χ1v) is 13.5. The molecular formula is C31H24B4ClN3. The Kier molecular flexibility index (Phi) is 6.62. The quantitative estimate of drug-likeness (QED) is 0.332. The number of hydrogen-bond acceptors (Lipinski definition) is 3. The minimum absolute atomic E-state index is 0.181. The fourth-order valence-corrected chi connectivity index (χ4v) is 5.66. The predicted molar refractivity (Wildman–Crippen MR) is 177 cm³/mol. The van der Waals surface area contributed by atoms with Gasteiger partial charge in [0.1, 0.15) is 31.4 Å². The van der Waals surface area contributed by atoms with Crippen LogP contribution in [0.15, 0.2) is 97.1 Å². The van der Waals surface area contributed by atoms with E-state index in [4.69, 9.17) is 16.6 Å². The van der Waals surface area contributed by atoms with Crippen molar-refractivity contribution in [3.63, 3.8) is 0 Å². The third-order valence-corrected chi connectivity index (χ3v) is 8.00. The number of hydrogen-bond donors (Lipinski definition) is 0. The van der Waals surface area contributed by atoms with E-state index in [1.54, 1.807) is 0 Å². The summed E-state index contributed by atoms with van der Waals surface area (Å²) in [7, 11) is 8.66. The molecule has 0 atom stereocenters. The first-order chi connectivity index (χ1) is 18.9. The average molecular weight is 517 g/mol. The largest absolute Gasteiger partial charge is 0.226 e. The molecule has 0 radical (unpaired) electrons. The van der Waals surface area contributed by atoms with E-state index in [0.29, 0.717) is 11.6 Å². The monoisotopic (exact) mass is 517 g/mol. The van der Waals surface area contributed by atoms with Crippen LogP contribution in [-0.2, 0) is 0 Å². The molecule has 0 saturated heterocycles. The molecule has 0 bridgehead atoms. The molecule has 1 aromatic heterocycles. The molecule has 0 saturated carbocycles. The molecule has 0 unspecified atom stereocenters. The maximum atomic E-state index is 6.63. The normalized spacial score (nSPS) is 11.1. The zero-order valence-corrected chi connectivity index (χ0v) is 23.2. The smallest absolute Gasteiger partial charge is 0.208 e. The molecule has 0 amide bonds. The van der Waals surface area contributed by atoms with E-state index in [9.17, 15) is 0 Å². The van der Waals surface area contributed by atoms with E-state index in [0.717, 1.165) is 38.5 Å². The average Bonchev–Trinajstić information content (AvgIpc) is 2.97. The van der Waals surface area contributed by atoms with Gasteiger partial charge in [0.2, 0.25) is 5.28 Å². The Hall–Kier alpha value is -4.08. The van der Waals surface area contributed by atoms with Crippen molar-refractivity contribution in [1.82, 2.24) is 15.0 Å². The van der Waals surface area contributed by atoms with Crippen molar-refractivity contribution in [2.75, 3.05) is 0 Å². The molecule has 6 aromatic rings. The van der Waals surface area contributed by atoms with Gasteiger partial charge in [0.15, 0.2) is 11.6 Å². The summed E-state index contributed by atoms with van der Waals surface area (Å²) in [5, 5.41) is 2.39. The number of halogens is 1. The van der Waals surface area contributed by atoms with Gasteiger partial charge in [0.25, 0.3) is 0 Å². The van der Waals surface area contributed by atoms with Crippen LogP contribution in [0.1, 0.15) is 0 Å². The highest BCUT2D eigenvalue weighted by Crippen LogP contribution is 2.35. The molecule has 3 nitrogen and oxygen atoms in total. The molecule has 0 aliphatic carbocycles. The lowest BCUT2D eigenvalue weighted by Gasteiger charge is -2.22. The standard InChI is InChI=1S/C31H24B4ClN3/c32-25-23(18-11-5-2-6-12-18)24(26(33)28(35)27(25)34)30-37-29(38-31(36)39-30)22-16-15-19(17-9-3-1-4-10-17)20-13-7-8-14-21(20)22/h1-16H,32-35H2. The minimum Gasteiger partial charge on any atom is -0.208 e. The zero-order chi connectivity index (χ0) is 27.1. The van der Waals surface area contributed by atoms with Crippen molar-refractivity contribution in [2.24, 2.45) is 0 Å². The number of fused-ring (bicyclic) bond motifs is 1. The van der Waals surface area contributed by atoms with Crippen molar-refractivity contribution in [3.8, 4) is 45.0 Å².